The Labute approximate surface area is 169 Å². The van der Waals surface area contributed by atoms with Crippen molar-refractivity contribution in [3.63, 3.8) is 0 Å². The van der Waals surface area contributed by atoms with Crippen LogP contribution in [0.3, 0.4) is 0 Å². The van der Waals surface area contributed by atoms with Crippen molar-refractivity contribution in [1.29, 1.82) is 0 Å². The van der Waals surface area contributed by atoms with Gasteiger partial charge >= 0.3 is 6.61 Å². The Balaban J connectivity index is 1.43. The summed E-state index contributed by atoms with van der Waals surface area (Å²) in [5.41, 5.74) is 1.67. The first-order valence-electron chi connectivity index (χ1n) is 9.29. The molecule has 1 aromatic carbocycles. The molecule has 1 aliphatic rings. The summed E-state index contributed by atoms with van der Waals surface area (Å²) in [6.45, 7) is -0.920. The van der Waals surface area contributed by atoms with Crippen molar-refractivity contribution in [3.8, 4) is 11.6 Å². The number of nitrogens with zero attached hydrogens (tertiary/aromatic N) is 4. The van der Waals surface area contributed by atoms with E-state index < -0.39 is 31.2 Å². The fourth-order valence-electron chi connectivity index (χ4n) is 3.28. The zero-order valence-corrected chi connectivity index (χ0v) is 15.9. The van der Waals surface area contributed by atoms with Crippen molar-refractivity contribution in [2.45, 2.75) is 44.5 Å². The number of ether oxygens (including phenoxy) is 3. The fourth-order valence-corrected chi connectivity index (χ4v) is 3.28. The maximum atomic E-state index is 12.2. The van der Waals surface area contributed by atoms with Crippen LogP contribution >= 0.6 is 0 Å². The molecule has 0 aliphatic carbocycles. The molecule has 1 aliphatic heterocycles. The maximum Gasteiger partial charge on any atom is 0.387 e. The summed E-state index contributed by atoms with van der Waals surface area (Å²) in [6, 6.07) is 6.29. The summed E-state index contributed by atoms with van der Waals surface area (Å²) in [5, 5.41) is 20.2. The number of benzene rings is 1. The van der Waals surface area contributed by atoms with Gasteiger partial charge in [-0.25, -0.2) is 9.97 Å². The molecular formula is C19H20F2N4O5. The van der Waals surface area contributed by atoms with E-state index in [1.165, 1.54) is 29.4 Å². The predicted molar refractivity (Wildman–Crippen MR) is 99.2 cm³/mol. The van der Waals surface area contributed by atoms with Crippen LogP contribution in [0, 0.1) is 0 Å². The van der Waals surface area contributed by atoms with Gasteiger partial charge in [-0.05, 0) is 24.6 Å². The van der Waals surface area contributed by atoms with E-state index in [0.717, 1.165) is 5.56 Å². The largest absolute Gasteiger partial charge is 0.476 e. The van der Waals surface area contributed by atoms with Crippen LogP contribution in [-0.4, -0.2) is 61.3 Å². The second-order valence-electron chi connectivity index (χ2n) is 6.84. The van der Waals surface area contributed by atoms with Gasteiger partial charge in [0, 0.05) is 6.42 Å². The SMILES string of the molecule is C[C@H]1O[C@@H](n2cnc3c(OCCc4ccc(OC(F)F)cc4)ncnc32)[C@H](O)[C@@H]1O. The van der Waals surface area contributed by atoms with Gasteiger partial charge in [-0.15, -0.1) is 0 Å². The average Bonchev–Trinajstić information content (AvgIpc) is 3.26. The van der Waals surface area contributed by atoms with E-state index in [9.17, 15) is 19.0 Å². The first-order chi connectivity index (χ1) is 14.4. The molecule has 3 heterocycles. The third kappa shape index (κ3) is 4.04. The summed E-state index contributed by atoms with van der Waals surface area (Å²) in [6.07, 6.45) is -0.208. The minimum atomic E-state index is -2.86. The van der Waals surface area contributed by atoms with Crippen LogP contribution in [0.5, 0.6) is 11.6 Å². The van der Waals surface area contributed by atoms with Crippen molar-refractivity contribution in [2.75, 3.05) is 6.61 Å². The summed E-state index contributed by atoms with van der Waals surface area (Å²) >= 11 is 0. The summed E-state index contributed by atoms with van der Waals surface area (Å²) in [5.74, 6) is 0.353. The Morgan fingerprint density at radius 3 is 2.57 bits per heavy atom. The van der Waals surface area contributed by atoms with Crippen LogP contribution in [0.4, 0.5) is 8.78 Å². The van der Waals surface area contributed by atoms with Crippen LogP contribution in [0.25, 0.3) is 11.2 Å². The van der Waals surface area contributed by atoms with Crippen molar-refractivity contribution in [3.05, 3.63) is 42.5 Å². The number of alkyl halides is 2. The summed E-state index contributed by atoms with van der Waals surface area (Å²) < 4.78 is 41.6. The number of hydrogen-bond acceptors (Lipinski definition) is 8. The minimum absolute atomic E-state index is 0.0912. The molecule has 2 N–H and O–H groups in total. The lowest BCUT2D eigenvalue weighted by molar-refractivity contribution is -0.0498. The fraction of sp³-hybridized carbons (Fsp3) is 0.421. The van der Waals surface area contributed by atoms with E-state index in [-0.39, 0.29) is 18.2 Å². The van der Waals surface area contributed by atoms with Crippen LogP contribution in [0.2, 0.25) is 0 Å². The highest BCUT2D eigenvalue weighted by Gasteiger charge is 2.42. The molecule has 1 fully saturated rings. The quantitative estimate of drug-likeness (QED) is 0.592. The topological polar surface area (TPSA) is 112 Å². The molecule has 0 radical (unpaired) electrons. The lowest BCUT2D eigenvalue weighted by Gasteiger charge is -2.16. The molecule has 0 spiro atoms. The molecule has 160 valence electrons. The van der Waals surface area contributed by atoms with E-state index in [0.29, 0.717) is 17.6 Å². The number of fused-ring (bicyclic) bond motifs is 1. The molecule has 0 unspecified atom stereocenters. The normalized spacial score (nSPS) is 23.9. The second kappa shape index (κ2) is 8.46. The number of aromatic nitrogens is 4. The van der Waals surface area contributed by atoms with Gasteiger partial charge in [0.15, 0.2) is 17.4 Å². The van der Waals surface area contributed by atoms with Crippen molar-refractivity contribution >= 4 is 11.2 Å². The first kappa shape index (κ1) is 20.4. The Morgan fingerprint density at radius 1 is 1.13 bits per heavy atom. The number of hydrogen-bond donors (Lipinski definition) is 2. The van der Waals surface area contributed by atoms with Gasteiger partial charge in [-0.2, -0.15) is 13.8 Å². The third-order valence-corrected chi connectivity index (χ3v) is 4.85. The Kier molecular flexibility index (Phi) is 5.75. The lowest BCUT2D eigenvalue weighted by Crippen LogP contribution is -2.30. The molecule has 2 aromatic heterocycles. The minimum Gasteiger partial charge on any atom is -0.476 e. The zero-order chi connectivity index (χ0) is 21.3. The van der Waals surface area contributed by atoms with E-state index in [2.05, 4.69) is 19.7 Å². The second-order valence-corrected chi connectivity index (χ2v) is 6.84. The van der Waals surface area contributed by atoms with Gasteiger partial charge < -0.3 is 24.4 Å². The van der Waals surface area contributed by atoms with Gasteiger partial charge in [-0.3, -0.25) is 4.57 Å². The third-order valence-electron chi connectivity index (χ3n) is 4.85. The first-order valence-corrected chi connectivity index (χ1v) is 9.29. The Hall–Kier alpha value is -2.89. The average molecular weight is 422 g/mol. The Morgan fingerprint density at radius 2 is 1.90 bits per heavy atom. The molecule has 0 saturated carbocycles. The summed E-state index contributed by atoms with van der Waals surface area (Å²) in [7, 11) is 0. The number of aliphatic hydroxyl groups is 2. The van der Waals surface area contributed by atoms with Crippen LogP contribution < -0.4 is 9.47 Å². The maximum absolute atomic E-state index is 12.2. The van der Waals surface area contributed by atoms with E-state index in [1.807, 2.05) is 0 Å². The lowest BCUT2D eigenvalue weighted by atomic mass is 10.1. The molecule has 1 saturated heterocycles. The number of rotatable bonds is 7. The zero-order valence-electron chi connectivity index (χ0n) is 15.9. The van der Waals surface area contributed by atoms with Crippen LogP contribution in [-0.2, 0) is 11.2 Å². The highest BCUT2D eigenvalue weighted by atomic mass is 19.3. The highest BCUT2D eigenvalue weighted by molar-refractivity contribution is 5.76. The van der Waals surface area contributed by atoms with Crippen molar-refractivity contribution in [2.24, 2.45) is 0 Å². The molecule has 30 heavy (non-hydrogen) atoms. The highest BCUT2D eigenvalue weighted by Crippen LogP contribution is 2.32. The number of aliphatic hydroxyl groups excluding tert-OH is 2. The van der Waals surface area contributed by atoms with Gasteiger partial charge in [-0.1, -0.05) is 12.1 Å². The Bertz CT molecular complexity index is 1000. The van der Waals surface area contributed by atoms with Gasteiger partial charge in [0.1, 0.15) is 24.3 Å². The smallest absolute Gasteiger partial charge is 0.387 e. The van der Waals surface area contributed by atoms with Gasteiger partial charge in [0.25, 0.3) is 0 Å². The number of imidazole rings is 1. The molecule has 0 bridgehead atoms. The molecular weight excluding hydrogens is 402 g/mol. The molecule has 3 aromatic rings. The molecule has 4 rings (SSSR count). The van der Waals surface area contributed by atoms with E-state index in [1.54, 1.807) is 19.1 Å². The van der Waals surface area contributed by atoms with E-state index in [4.69, 9.17) is 9.47 Å². The van der Waals surface area contributed by atoms with Gasteiger partial charge in [0.05, 0.1) is 19.0 Å². The monoisotopic (exact) mass is 422 g/mol. The van der Waals surface area contributed by atoms with Gasteiger partial charge in [0.2, 0.25) is 5.88 Å². The predicted octanol–water partition coefficient (Wildman–Crippen LogP) is 1.69. The van der Waals surface area contributed by atoms with Crippen LogP contribution in [0.15, 0.2) is 36.9 Å². The van der Waals surface area contributed by atoms with Crippen molar-refractivity contribution < 1.29 is 33.2 Å². The molecule has 11 heteroatoms. The van der Waals surface area contributed by atoms with Crippen molar-refractivity contribution in [1.82, 2.24) is 19.5 Å². The molecule has 9 nitrogen and oxygen atoms in total. The van der Waals surface area contributed by atoms with Crippen LogP contribution in [0.1, 0.15) is 18.7 Å². The number of halogens is 2. The standard InChI is InChI=1S/C19H20F2N4O5/c1-10-14(26)15(27)18(29-10)25-9-24-13-16(25)22-8-23-17(13)28-7-6-11-2-4-12(5-3-11)30-19(20)21/h2-5,8-10,14-15,18-19,26-27H,6-7H2,1H3/t10-,14-,15-,18-/m1/s1. The molecule has 0 amide bonds. The summed E-state index contributed by atoms with van der Waals surface area (Å²) in [4.78, 5) is 12.6. The van der Waals surface area contributed by atoms with E-state index >= 15 is 0 Å². The molecule has 4 atom stereocenters.